The fourth-order valence-corrected chi connectivity index (χ4v) is 5.30. The molecule has 4 aromatic heterocycles. The van der Waals surface area contributed by atoms with Crippen LogP contribution in [0.15, 0.2) is 30.7 Å². The van der Waals surface area contributed by atoms with Gasteiger partial charge in [-0.05, 0) is 50.7 Å². The quantitative estimate of drug-likeness (QED) is 0.419. The summed E-state index contributed by atoms with van der Waals surface area (Å²) in [4.78, 5) is 31.9. The topological polar surface area (TPSA) is 116 Å². The molecule has 1 saturated carbocycles. The Hall–Kier alpha value is -3.69. The van der Waals surface area contributed by atoms with Gasteiger partial charge in [0.2, 0.25) is 11.9 Å². The van der Waals surface area contributed by atoms with Gasteiger partial charge in [0.15, 0.2) is 5.65 Å². The zero-order valence-electron chi connectivity index (χ0n) is 19.3. The van der Waals surface area contributed by atoms with Crippen molar-refractivity contribution in [2.45, 2.75) is 44.6 Å². The minimum atomic E-state index is 0.165. The fraction of sp³-hybridized carbons (Fsp3) is 0.458. The Balaban J connectivity index is 1.20. The number of carbonyl (C=O) groups is 1. The molecule has 6 rings (SSSR count). The fourth-order valence-electron chi connectivity index (χ4n) is 5.30. The summed E-state index contributed by atoms with van der Waals surface area (Å²) in [5.41, 5.74) is 3.31. The van der Waals surface area contributed by atoms with Crippen LogP contribution in [0.2, 0.25) is 0 Å². The summed E-state index contributed by atoms with van der Waals surface area (Å²) in [6.45, 7) is 1.86. The van der Waals surface area contributed by atoms with Crippen molar-refractivity contribution in [2.24, 2.45) is 5.92 Å². The van der Waals surface area contributed by atoms with Crippen molar-refractivity contribution < 1.29 is 4.79 Å². The number of aromatic amines is 1. The van der Waals surface area contributed by atoms with Gasteiger partial charge in [0.1, 0.15) is 11.5 Å². The number of nitrogens with zero attached hydrogens (tertiary/aromatic N) is 6. The minimum Gasteiger partial charge on any atom is -0.372 e. The summed E-state index contributed by atoms with van der Waals surface area (Å²) in [6, 6.07) is 4.17. The first-order valence-electron chi connectivity index (χ1n) is 12.1. The van der Waals surface area contributed by atoms with E-state index in [2.05, 4.69) is 30.6 Å². The lowest BCUT2D eigenvalue weighted by atomic mass is 9.85. The number of carbonyl (C=O) groups excluding carboxylic acids is 1. The lowest BCUT2D eigenvalue weighted by Gasteiger charge is -2.30. The molecule has 4 aromatic rings. The Morgan fingerprint density at radius 1 is 1.12 bits per heavy atom. The molecular formula is C24H29N9O. The largest absolute Gasteiger partial charge is 0.372 e. The second-order valence-corrected chi connectivity index (χ2v) is 9.25. The Kier molecular flexibility index (Phi) is 5.27. The number of H-pyrrole nitrogens is 1. The van der Waals surface area contributed by atoms with Crippen molar-refractivity contribution in [1.29, 1.82) is 0 Å². The van der Waals surface area contributed by atoms with E-state index in [4.69, 9.17) is 9.97 Å². The van der Waals surface area contributed by atoms with E-state index in [9.17, 15) is 4.79 Å². The highest BCUT2D eigenvalue weighted by atomic mass is 16.2. The first-order chi connectivity index (χ1) is 16.7. The van der Waals surface area contributed by atoms with Gasteiger partial charge in [-0.2, -0.15) is 15.1 Å². The van der Waals surface area contributed by atoms with Crippen molar-refractivity contribution in [2.75, 3.05) is 30.8 Å². The molecule has 5 heterocycles. The molecule has 10 heteroatoms. The molecule has 0 bridgehead atoms. The third-order valence-corrected chi connectivity index (χ3v) is 7.13. The lowest BCUT2D eigenvalue weighted by Crippen LogP contribution is -2.37. The number of hydrogen-bond acceptors (Lipinski definition) is 7. The summed E-state index contributed by atoms with van der Waals surface area (Å²) < 4.78 is 1.76. The molecule has 0 aromatic carbocycles. The molecule has 2 fully saturated rings. The second kappa shape index (κ2) is 8.58. The summed E-state index contributed by atoms with van der Waals surface area (Å²) in [5.74, 6) is 1.86. The van der Waals surface area contributed by atoms with E-state index in [0.717, 1.165) is 85.4 Å². The number of imidazole rings is 1. The third kappa shape index (κ3) is 3.72. The van der Waals surface area contributed by atoms with Crippen LogP contribution in [0.3, 0.4) is 0 Å². The highest BCUT2D eigenvalue weighted by Crippen LogP contribution is 2.33. The van der Waals surface area contributed by atoms with Crippen LogP contribution in [0.4, 0.5) is 11.8 Å². The van der Waals surface area contributed by atoms with E-state index in [1.54, 1.807) is 10.7 Å². The monoisotopic (exact) mass is 459 g/mol. The second-order valence-electron chi connectivity index (χ2n) is 9.25. The maximum atomic E-state index is 12.7. The van der Waals surface area contributed by atoms with E-state index in [1.165, 1.54) is 0 Å². The first-order valence-corrected chi connectivity index (χ1v) is 12.1. The average molecular weight is 460 g/mol. The van der Waals surface area contributed by atoms with Gasteiger partial charge in [-0.15, -0.1) is 0 Å². The Labute approximate surface area is 197 Å². The standard InChI is InChI=1S/C24H29N9O/c1-25-21-20-17(18-8-9-19-26-10-13-33(19)31-18)14-27-22(20)30-24(29-21)28-16-6-4-15(5-7-16)23(34)32-11-2-3-12-32/h8-10,13-16H,2-7,11-12H2,1H3,(H3,25,27,28,29,30). The zero-order valence-corrected chi connectivity index (χ0v) is 19.3. The minimum absolute atomic E-state index is 0.165. The van der Waals surface area contributed by atoms with E-state index in [0.29, 0.717) is 11.9 Å². The Morgan fingerprint density at radius 2 is 1.94 bits per heavy atom. The average Bonchev–Trinajstić information content (AvgIpc) is 3.64. The van der Waals surface area contributed by atoms with Gasteiger partial charge in [0.25, 0.3) is 0 Å². The molecule has 176 valence electrons. The number of nitrogens with one attached hydrogen (secondary N) is 3. The molecule has 34 heavy (non-hydrogen) atoms. The van der Waals surface area contributed by atoms with E-state index >= 15 is 0 Å². The van der Waals surface area contributed by atoms with Crippen LogP contribution >= 0.6 is 0 Å². The summed E-state index contributed by atoms with van der Waals surface area (Å²) in [6.07, 6.45) is 11.5. The molecular weight excluding hydrogens is 430 g/mol. The van der Waals surface area contributed by atoms with Gasteiger partial charge in [-0.25, -0.2) is 9.50 Å². The Bertz CT molecular complexity index is 1330. The molecule has 1 saturated heterocycles. The van der Waals surface area contributed by atoms with Crippen LogP contribution in [0.5, 0.6) is 0 Å². The molecule has 10 nitrogen and oxygen atoms in total. The number of hydrogen-bond donors (Lipinski definition) is 3. The molecule has 0 unspecified atom stereocenters. The summed E-state index contributed by atoms with van der Waals surface area (Å²) in [7, 11) is 1.87. The predicted octanol–water partition coefficient (Wildman–Crippen LogP) is 3.30. The van der Waals surface area contributed by atoms with Gasteiger partial charge < -0.3 is 20.5 Å². The number of amides is 1. The zero-order chi connectivity index (χ0) is 23.1. The molecule has 1 amide bonds. The van der Waals surface area contributed by atoms with Crippen LogP contribution in [0, 0.1) is 5.92 Å². The van der Waals surface area contributed by atoms with Gasteiger partial charge in [0.05, 0.1) is 11.1 Å². The highest BCUT2D eigenvalue weighted by molar-refractivity contribution is 6.00. The molecule has 0 radical (unpaired) electrons. The van der Waals surface area contributed by atoms with Gasteiger partial charge in [-0.3, -0.25) is 4.79 Å². The van der Waals surface area contributed by atoms with E-state index < -0.39 is 0 Å². The van der Waals surface area contributed by atoms with Crippen LogP contribution in [-0.2, 0) is 4.79 Å². The Morgan fingerprint density at radius 3 is 2.74 bits per heavy atom. The summed E-state index contributed by atoms with van der Waals surface area (Å²) >= 11 is 0. The first kappa shape index (κ1) is 20.9. The maximum absolute atomic E-state index is 12.7. The van der Waals surface area contributed by atoms with Crippen LogP contribution in [0.25, 0.3) is 27.9 Å². The molecule has 1 aliphatic heterocycles. The number of anilines is 2. The van der Waals surface area contributed by atoms with Gasteiger partial charge in [-0.1, -0.05) is 0 Å². The number of likely N-dealkylation sites (tertiary alicyclic amines) is 1. The number of rotatable bonds is 5. The molecule has 2 aliphatic rings. The predicted molar refractivity (Wildman–Crippen MR) is 131 cm³/mol. The van der Waals surface area contributed by atoms with Crippen molar-refractivity contribution in [3.63, 3.8) is 0 Å². The highest BCUT2D eigenvalue weighted by Gasteiger charge is 2.31. The summed E-state index contributed by atoms with van der Waals surface area (Å²) in [5, 5.41) is 12.3. The molecule has 0 atom stereocenters. The lowest BCUT2D eigenvalue weighted by molar-refractivity contribution is -0.135. The van der Waals surface area contributed by atoms with E-state index in [-0.39, 0.29) is 12.0 Å². The molecule has 3 N–H and O–H groups in total. The molecule has 0 spiro atoms. The van der Waals surface area contributed by atoms with Crippen molar-refractivity contribution in [1.82, 2.24) is 34.4 Å². The smallest absolute Gasteiger partial charge is 0.226 e. The van der Waals surface area contributed by atoms with Gasteiger partial charge in [0, 0.05) is 56.3 Å². The van der Waals surface area contributed by atoms with Crippen LogP contribution in [-0.4, -0.2) is 66.5 Å². The SMILES string of the molecule is CNc1nc(NC2CCC(C(=O)N3CCCC3)CC2)nc2[nH]cc(-c3ccc4nccn4n3)c12. The number of fused-ring (bicyclic) bond motifs is 2. The normalized spacial score (nSPS) is 20.8. The maximum Gasteiger partial charge on any atom is 0.226 e. The van der Waals surface area contributed by atoms with Crippen LogP contribution < -0.4 is 10.6 Å². The van der Waals surface area contributed by atoms with Crippen molar-refractivity contribution in [3.05, 3.63) is 30.7 Å². The van der Waals surface area contributed by atoms with Crippen molar-refractivity contribution >= 4 is 34.4 Å². The number of aromatic nitrogens is 6. The van der Waals surface area contributed by atoms with Crippen LogP contribution in [0.1, 0.15) is 38.5 Å². The molecule has 1 aliphatic carbocycles. The van der Waals surface area contributed by atoms with Gasteiger partial charge >= 0.3 is 0 Å². The van der Waals surface area contributed by atoms with E-state index in [1.807, 2.05) is 31.6 Å². The third-order valence-electron chi connectivity index (χ3n) is 7.13. The van der Waals surface area contributed by atoms with Crippen molar-refractivity contribution in [3.8, 4) is 11.3 Å².